The van der Waals surface area contributed by atoms with Gasteiger partial charge in [0.05, 0.1) is 0 Å². The number of hydrogen-bond donors (Lipinski definition) is 0. The highest BCUT2D eigenvalue weighted by molar-refractivity contribution is 5.70. The lowest BCUT2D eigenvalue weighted by Gasteiger charge is -1.99. The molecular formula is C28H18N8O4. The molecule has 4 aromatic heterocycles. The van der Waals surface area contributed by atoms with Crippen LogP contribution in [0.25, 0.3) is 68.5 Å². The second kappa shape index (κ2) is 9.51. The van der Waals surface area contributed by atoms with Gasteiger partial charge in [-0.15, -0.1) is 0 Å². The summed E-state index contributed by atoms with van der Waals surface area (Å²) in [4.78, 5) is 17.7. The number of aromatic nitrogens is 8. The lowest BCUT2D eigenvalue weighted by molar-refractivity contribution is 0.394. The number of aryl methyl sites for hydroxylation is 2. The molecule has 0 atom stereocenters. The Balaban J connectivity index is 1.15. The van der Waals surface area contributed by atoms with Crippen LogP contribution in [0, 0.1) is 13.8 Å². The minimum Gasteiger partial charge on any atom is -0.339 e. The molecule has 12 heteroatoms. The standard InChI is InChI=1S/C28H18N8O4/c1-15-29-23(33-37-15)17-6-3-8-19(12-17)25-31-27(39-35-25)21-10-5-11-22(14-21)28-32-26(36-40-28)20-9-4-7-18(13-20)24-30-16(2)38-34-24/h3-14H,1-2H3. The van der Waals surface area contributed by atoms with Crippen molar-refractivity contribution in [1.29, 1.82) is 0 Å². The number of benzene rings is 3. The first-order valence-electron chi connectivity index (χ1n) is 12.2. The van der Waals surface area contributed by atoms with Crippen molar-refractivity contribution in [1.82, 2.24) is 40.6 Å². The van der Waals surface area contributed by atoms with E-state index >= 15 is 0 Å². The summed E-state index contributed by atoms with van der Waals surface area (Å²) in [6.45, 7) is 3.48. The van der Waals surface area contributed by atoms with E-state index in [0.29, 0.717) is 58.0 Å². The Morgan fingerprint density at radius 3 is 1.10 bits per heavy atom. The fourth-order valence-corrected chi connectivity index (χ4v) is 4.13. The molecule has 0 saturated carbocycles. The Bertz CT molecular complexity index is 1830. The third kappa shape index (κ3) is 4.43. The summed E-state index contributed by atoms with van der Waals surface area (Å²) in [5.74, 6) is 3.52. The van der Waals surface area contributed by atoms with Crippen LogP contribution in [0.15, 0.2) is 90.9 Å². The van der Waals surface area contributed by atoms with Crippen LogP contribution >= 0.6 is 0 Å². The van der Waals surface area contributed by atoms with Gasteiger partial charge in [0.25, 0.3) is 11.8 Å². The molecule has 194 valence electrons. The molecule has 0 spiro atoms. The van der Waals surface area contributed by atoms with Gasteiger partial charge in [0.2, 0.25) is 35.1 Å². The van der Waals surface area contributed by atoms with Crippen molar-refractivity contribution >= 4 is 0 Å². The molecule has 0 amide bonds. The van der Waals surface area contributed by atoms with Crippen LogP contribution in [0.5, 0.6) is 0 Å². The molecule has 0 fully saturated rings. The smallest absolute Gasteiger partial charge is 0.258 e. The summed E-state index contributed by atoms with van der Waals surface area (Å²) < 4.78 is 21.3. The van der Waals surface area contributed by atoms with Gasteiger partial charge in [0, 0.05) is 47.2 Å². The molecule has 0 aliphatic heterocycles. The summed E-state index contributed by atoms with van der Waals surface area (Å²) in [6, 6.07) is 22.5. The lowest BCUT2D eigenvalue weighted by Crippen LogP contribution is -1.86. The zero-order valence-electron chi connectivity index (χ0n) is 21.1. The average molecular weight is 531 g/mol. The van der Waals surface area contributed by atoms with Gasteiger partial charge in [-0.3, -0.25) is 0 Å². The van der Waals surface area contributed by atoms with E-state index < -0.39 is 0 Å². The van der Waals surface area contributed by atoms with E-state index in [-0.39, 0.29) is 0 Å². The third-order valence-corrected chi connectivity index (χ3v) is 6.02. The second-order valence-corrected chi connectivity index (χ2v) is 8.86. The highest BCUT2D eigenvalue weighted by Gasteiger charge is 2.17. The van der Waals surface area contributed by atoms with Crippen molar-refractivity contribution in [3.63, 3.8) is 0 Å². The van der Waals surface area contributed by atoms with Crippen molar-refractivity contribution in [2.24, 2.45) is 0 Å². The van der Waals surface area contributed by atoms with Gasteiger partial charge < -0.3 is 18.1 Å². The Hall–Kier alpha value is -5.78. The SMILES string of the molecule is Cc1nc(-c2cccc(-c3noc(-c4cccc(-c5nc(-c6cccc(-c7noc(C)n7)c6)no5)c4)n3)c2)no1. The van der Waals surface area contributed by atoms with E-state index in [1.165, 1.54) is 0 Å². The van der Waals surface area contributed by atoms with E-state index in [9.17, 15) is 0 Å². The molecule has 0 saturated heterocycles. The molecule has 4 heterocycles. The van der Waals surface area contributed by atoms with Gasteiger partial charge in [-0.2, -0.15) is 19.9 Å². The molecular weight excluding hydrogens is 512 g/mol. The molecule has 0 unspecified atom stereocenters. The first-order valence-corrected chi connectivity index (χ1v) is 12.2. The topological polar surface area (TPSA) is 156 Å². The maximum absolute atomic E-state index is 5.58. The Morgan fingerprint density at radius 1 is 0.400 bits per heavy atom. The van der Waals surface area contributed by atoms with E-state index in [0.717, 1.165) is 22.3 Å². The van der Waals surface area contributed by atoms with Crippen LogP contribution in [0.1, 0.15) is 11.8 Å². The summed E-state index contributed by atoms with van der Waals surface area (Å²) in [5, 5.41) is 16.3. The van der Waals surface area contributed by atoms with Crippen molar-refractivity contribution in [2.75, 3.05) is 0 Å². The Kier molecular flexibility index (Phi) is 5.55. The predicted molar refractivity (Wildman–Crippen MR) is 140 cm³/mol. The molecule has 0 aliphatic carbocycles. The minimum absolute atomic E-state index is 0.348. The molecule has 7 rings (SSSR count). The van der Waals surface area contributed by atoms with Crippen LogP contribution in [-0.4, -0.2) is 40.6 Å². The van der Waals surface area contributed by atoms with Gasteiger partial charge >= 0.3 is 0 Å². The third-order valence-electron chi connectivity index (χ3n) is 6.02. The van der Waals surface area contributed by atoms with Crippen molar-refractivity contribution in [3.05, 3.63) is 84.6 Å². The van der Waals surface area contributed by atoms with E-state index in [1.54, 1.807) is 13.8 Å². The summed E-state index contributed by atoms with van der Waals surface area (Å²) in [6.07, 6.45) is 0. The normalized spacial score (nSPS) is 11.2. The summed E-state index contributed by atoms with van der Waals surface area (Å²) in [5.41, 5.74) is 4.49. The quantitative estimate of drug-likeness (QED) is 0.253. The fourth-order valence-electron chi connectivity index (χ4n) is 4.13. The second-order valence-electron chi connectivity index (χ2n) is 8.86. The molecule has 0 radical (unpaired) electrons. The summed E-state index contributed by atoms with van der Waals surface area (Å²) >= 11 is 0. The van der Waals surface area contributed by atoms with Gasteiger partial charge in [-0.1, -0.05) is 63.1 Å². The predicted octanol–water partition coefficient (Wildman–Crippen LogP) is 5.84. The van der Waals surface area contributed by atoms with Gasteiger partial charge in [0.1, 0.15) is 0 Å². The molecule has 0 N–H and O–H groups in total. The zero-order chi connectivity index (χ0) is 27.1. The van der Waals surface area contributed by atoms with Crippen molar-refractivity contribution in [3.8, 4) is 68.5 Å². The molecule has 3 aromatic carbocycles. The molecule has 12 nitrogen and oxygen atoms in total. The maximum Gasteiger partial charge on any atom is 0.258 e. The Morgan fingerprint density at radius 2 is 0.725 bits per heavy atom. The van der Waals surface area contributed by atoms with Crippen LogP contribution in [0.4, 0.5) is 0 Å². The molecule has 0 bridgehead atoms. The van der Waals surface area contributed by atoms with Crippen LogP contribution in [0.2, 0.25) is 0 Å². The highest BCUT2D eigenvalue weighted by atomic mass is 16.5. The summed E-state index contributed by atoms with van der Waals surface area (Å²) in [7, 11) is 0. The van der Waals surface area contributed by atoms with Crippen LogP contribution in [-0.2, 0) is 0 Å². The molecule has 7 aromatic rings. The monoisotopic (exact) mass is 530 g/mol. The van der Waals surface area contributed by atoms with E-state index in [4.69, 9.17) is 18.1 Å². The van der Waals surface area contributed by atoms with Gasteiger partial charge in [-0.25, -0.2) is 0 Å². The van der Waals surface area contributed by atoms with E-state index in [2.05, 4.69) is 40.6 Å². The largest absolute Gasteiger partial charge is 0.339 e. The first-order chi connectivity index (χ1) is 19.6. The molecule has 0 aliphatic rings. The number of rotatable bonds is 6. The zero-order valence-corrected chi connectivity index (χ0v) is 21.1. The maximum atomic E-state index is 5.58. The Labute approximate surface area is 225 Å². The van der Waals surface area contributed by atoms with Crippen molar-refractivity contribution in [2.45, 2.75) is 13.8 Å². The fraction of sp³-hybridized carbons (Fsp3) is 0.0714. The highest BCUT2D eigenvalue weighted by Crippen LogP contribution is 2.30. The number of nitrogens with zero attached hydrogens (tertiary/aromatic N) is 8. The average Bonchev–Trinajstić information content (AvgIpc) is 3.81. The van der Waals surface area contributed by atoms with Crippen LogP contribution in [0.3, 0.4) is 0 Å². The lowest BCUT2D eigenvalue weighted by atomic mass is 10.1. The minimum atomic E-state index is 0.348. The first kappa shape index (κ1) is 23.3. The number of hydrogen-bond acceptors (Lipinski definition) is 12. The van der Waals surface area contributed by atoms with E-state index in [1.807, 2.05) is 72.8 Å². The van der Waals surface area contributed by atoms with Crippen LogP contribution < -0.4 is 0 Å². The van der Waals surface area contributed by atoms with Gasteiger partial charge in [0.15, 0.2) is 0 Å². The van der Waals surface area contributed by atoms with Crippen molar-refractivity contribution < 1.29 is 18.1 Å². The van der Waals surface area contributed by atoms with Gasteiger partial charge in [-0.05, 0) is 30.3 Å². The molecule has 40 heavy (non-hydrogen) atoms.